The Morgan fingerprint density at radius 3 is 2.67 bits per heavy atom. The maximum atomic E-state index is 5.56. The summed E-state index contributed by atoms with van der Waals surface area (Å²) >= 11 is 10.2. The maximum Gasteiger partial charge on any atom is 0.181 e. The Balaban J connectivity index is 3.27. The highest BCUT2D eigenvalue weighted by atomic mass is 35.5. The number of rotatable bonds is 3. The highest BCUT2D eigenvalue weighted by molar-refractivity contribution is 7.80. The minimum atomic E-state index is 0.255. The van der Waals surface area contributed by atoms with Gasteiger partial charge in [-0.2, -0.15) is 0 Å². The smallest absolute Gasteiger partial charge is 0.181 e. The van der Waals surface area contributed by atoms with Gasteiger partial charge in [-0.15, -0.1) is 0 Å². The van der Waals surface area contributed by atoms with E-state index in [1.165, 1.54) is 4.42 Å². The Hall–Kier alpha value is -0.0200. The zero-order valence-corrected chi connectivity index (χ0v) is 7.00. The number of hydrogen-bond acceptors (Lipinski definition) is 1. The van der Waals surface area contributed by atoms with E-state index in [4.69, 9.17) is 17.5 Å². The second kappa shape index (κ2) is 4.82. The lowest BCUT2D eigenvalue weighted by Gasteiger charge is -2.11. The lowest BCUT2D eigenvalue weighted by Crippen LogP contribution is -2.27. The van der Waals surface area contributed by atoms with E-state index in [0.29, 0.717) is 0 Å². The van der Waals surface area contributed by atoms with Crippen molar-refractivity contribution >= 4 is 29.1 Å². The molecular weight excluding hydrogens is 156 g/mol. The van der Waals surface area contributed by atoms with Crippen LogP contribution in [0.1, 0.15) is 19.8 Å². The highest BCUT2D eigenvalue weighted by Gasteiger charge is 1.98. The largest absolute Gasteiger partial charge is 0.375 e. The summed E-state index contributed by atoms with van der Waals surface area (Å²) in [6.07, 6.45) is 2.13. The zero-order chi connectivity index (χ0) is 7.28. The second-order valence-electron chi connectivity index (χ2n) is 1.78. The number of nitrogens with two attached hydrogens (primary N) is 1. The van der Waals surface area contributed by atoms with Crippen molar-refractivity contribution in [3.8, 4) is 0 Å². The predicted octanol–water partition coefficient (Wildman–Crippen LogP) is 1.49. The van der Waals surface area contributed by atoms with Crippen molar-refractivity contribution in [3.05, 3.63) is 0 Å². The van der Waals surface area contributed by atoms with Gasteiger partial charge < -0.3 is 5.73 Å². The van der Waals surface area contributed by atoms with E-state index in [0.717, 1.165) is 19.4 Å². The highest BCUT2D eigenvalue weighted by Crippen LogP contribution is 1.97. The topological polar surface area (TPSA) is 29.3 Å². The molecule has 0 aromatic rings. The average Bonchev–Trinajstić information content (AvgIpc) is 1.82. The van der Waals surface area contributed by atoms with E-state index >= 15 is 0 Å². The van der Waals surface area contributed by atoms with Gasteiger partial charge in [-0.05, 0) is 18.6 Å². The van der Waals surface area contributed by atoms with Gasteiger partial charge in [-0.3, -0.25) is 4.42 Å². The van der Waals surface area contributed by atoms with Crippen LogP contribution in [0.4, 0.5) is 0 Å². The van der Waals surface area contributed by atoms with Crippen LogP contribution in [-0.2, 0) is 0 Å². The number of thiocarbonyl (C=S) groups is 1. The standard InChI is InChI=1S/C5H11ClN2S/c1-2-3-4-8(6)5(7)9/h2-4H2,1H3,(H2,7,9). The molecule has 2 nitrogen and oxygen atoms in total. The summed E-state index contributed by atoms with van der Waals surface area (Å²) in [4.78, 5) is 0. The summed E-state index contributed by atoms with van der Waals surface area (Å²) in [6.45, 7) is 2.83. The molecule has 0 fully saturated rings. The Bertz CT molecular complexity index is 97.0. The van der Waals surface area contributed by atoms with E-state index in [1.807, 2.05) is 0 Å². The summed E-state index contributed by atoms with van der Waals surface area (Å²) in [5.41, 5.74) is 5.20. The first-order chi connectivity index (χ1) is 4.18. The van der Waals surface area contributed by atoms with Gasteiger partial charge in [0.25, 0.3) is 0 Å². The van der Waals surface area contributed by atoms with E-state index < -0.39 is 0 Å². The van der Waals surface area contributed by atoms with Crippen LogP contribution in [-0.4, -0.2) is 16.1 Å². The number of halogens is 1. The van der Waals surface area contributed by atoms with Gasteiger partial charge in [-0.1, -0.05) is 13.3 Å². The molecule has 0 aliphatic rings. The minimum absolute atomic E-state index is 0.255. The molecule has 0 heterocycles. The molecule has 0 aliphatic carbocycles. The van der Waals surface area contributed by atoms with Gasteiger partial charge in [-0.25, -0.2) is 0 Å². The van der Waals surface area contributed by atoms with Gasteiger partial charge in [0, 0.05) is 18.3 Å². The molecule has 0 rings (SSSR count). The molecule has 0 spiro atoms. The van der Waals surface area contributed by atoms with Crippen molar-refractivity contribution in [2.45, 2.75) is 19.8 Å². The van der Waals surface area contributed by atoms with Gasteiger partial charge in [0.1, 0.15) is 0 Å². The molecule has 4 heteroatoms. The molecule has 0 amide bonds. The molecule has 0 bridgehead atoms. The molecule has 0 radical (unpaired) electrons. The third-order valence-electron chi connectivity index (χ3n) is 0.947. The summed E-state index contributed by atoms with van der Waals surface area (Å²) in [5.74, 6) is 0. The molecule has 9 heavy (non-hydrogen) atoms. The molecule has 0 aromatic heterocycles. The van der Waals surface area contributed by atoms with Crippen molar-refractivity contribution in [1.29, 1.82) is 0 Å². The first-order valence-corrected chi connectivity index (χ1v) is 3.66. The van der Waals surface area contributed by atoms with Crippen molar-refractivity contribution in [2.24, 2.45) is 5.73 Å². The second-order valence-corrected chi connectivity index (χ2v) is 2.60. The number of unbranched alkanes of at least 4 members (excludes halogenated alkanes) is 1. The molecule has 0 unspecified atom stereocenters. The van der Waals surface area contributed by atoms with Crippen LogP contribution in [0.5, 0.6) is 0 Å². The van der Waals surface area contributed by atoms with E-state index in [-0.39, 0.29) is 5.11 Å². The quantitative estimate of drug-likeness (QED) is 0.509. The molecule has 0 saturated carbocycles. The first kappa shape index (κ1) is 8.98. The van der Waals surface area contributed by atoms with Crippen LogP contribution in [0.2, 0.25) is 0 Å². The number of hydrogen-bond donors (Lipinski definition) is 1. The molecule has 0 aromatic carbocycles. The summed E-state index contributed by atoms with van der Waals surface area (Å²) in [7, 11) is 0. The fraction of sp³-hybridized carbons (Fsp3) is 0.800. The van der Waals surface area contributed by atoms with Gasteiger partial charge in [0.15, 0.2) is 5.11 Å². The van der Waals surface area contributed by atoms with Gasteiger partial charge >= 0.3 is 0 Å². The maximum absolute atomic E-state index is 5.56. The third-order valence-corrected chi connectivity index (χ3v) is 1.62. The minimum Gasteiger partial charge on any atom is -0.375 e. The van der Waals surface area contributed by atoms with Crippen molar-refractivity contribution in [1.82, 2.24) is 4.42 Å². The molecule has 2 N–H and O–H groups in total. The Morgan fingerprint density at radius 2 is 2.33 bits per heavy atom. The van der Waals surface area contributed by atoms with E-state index in [9.17, 15) is 0 Å². The van der Waals surface area contributed by atoms with Crippen molar-refractivity contribution < 1.29 is 0 Å². The van der Waals surface area contributed by atoms with Gasteiger partial charge in [0.05, 0.1) is 0 Å². The van der Waals surface area contributed by atoms with Crippen molar-refractivity contribution in [2.75, 3.05) is 6.54 Å². The molecule has 0 atom stereocenters. The van der Waals surface area contributed by atoms with Gasteiger partial charge in [0.2, 0.25) is 0 Å². The molecule has 54 valence electrons. The summed E-state index contributed by atoms with van der Waals surface area (Å²) in [5, 5.41) is 0.255. The van der Waals surface area contributed by atoms with Crippen molar-refractivity contribution in [3.63, 3.8) is 0 Å². The summed E-state index contributed by atoms with van der Waals surface area (Å²) < 4.78 is 1.36. The monoisotopic (exact) mass is 166 g/mol. The predicted molar refractivity (Wildman–Crippen MR) is 44.3 cm³/mol. The lowest BCUT2D eigenvalue weighted by molar-refractivity contribution is 0.606. The van der Waals surface area contributed by atoms with Crippen LogP contribution in [0, 0.1) is 0 Å². The Kier molecular flexibility index (Phi) is 4.81. The Labute approximate surface area is 66.1 Å². The van der Waals surface area contributed by atoms with Crippen LogP contribution in [0.3, 0.4) is 0 Å². The average molecular weight is 167 g/mol. The normalized spacial score (nSPS) is 9.11. The van der Waals surface area contributed by atoms with Crippen LogP contribution in [0.25, 0.3) is 0 Å². The van der Waals surface area contributed by atoms with Crippen LogP contribution >= 0.6 is 24.0 Å². The fourth-order valence-corrected chi connectivity index (χ4v) is 0.618. The zero-order valence-electron chi connectivity index (χ0n) is 5.43. The first-order valence-electron chi connectivity index (χ1n) is 2.91. The number of nitrogens with zero attached hydrogens (tertiary/aromatic N) is 1. The lowest BCUT2D eigenvalue weighted by atomic mass is 10.3. The van der Waals surface area contributed by atoms with E-state index in [2.05, 4.69) is 19.1 Å². The van der Waals surface area contributed by atoms with E-state index in [1.54, 1.807) is 0 Å². The fourth-order valence-electron chi connectivity index (χ4n) is 0.407. The molecular formula is C5H11ClN2S. The SMILES string of the molecule is CCCCN(Cl)C(N)=S. The van der Waals surface area contributed by atoms with Crippen LogP contribution in [0.15, 0.2) is 0 Å². The van der Waals surface area contributed by atoms with Crippen LogP contribution < -0.4 is 5.73 Å². The Morgan fingerprint density at radius 1 is 1.78 bits per heavy atom. The summed E-state index contributed by atoms with van der Waals surface area (Å²) in [6, 6.07) is 0. The molecule has 0 aliphatic heterocycles. The molecule has 0 saturated heterocycles. The third kappa shape index (κ3) is 4.48.